The Morgan fingerprint density at radius 1 is 0.786 bits per heavy atom. The zero-order valence-electron chi connectivity index (χ0n) is 8.46. The molecule has 0 saturated carbocycles. The van der Waals surface area contributed by atoms with Crippen molar-refractivity contribution in [3.05, 3.63) is 0 Å². The van der Waals surface area contributed by atoms with E-state index >= 15 is 0 Å². The lowest BCUT2D eigenvalue weighted by atomic mass is 10.5. The summed E-state index contributed by atoms with van der Waals surface area (Å²) in [7, 11) is 0. The Kier molecular flexibility index (Phi) is 12.5. The Morgan fingerprint density at radius 2 is 1.21 bits per heavy atom. The van der Waals surface area contributed by atoms with Gasteiger partial charge in [-0.2, -0.15) is 0 Å². The smallest absolute Gasteiger partial charge is 0.123 e. The summed E-state index contributed by atoms with van der Waals surface area (Å²) >= 11 is 2.37. The van der Waals surface area contributed by atoms with Gasteiger partial charge in [-0.1, -0.05) is 25.7 Å². The van der Waals surface area contributed by atoms with E-state index in [0.717, 1.165) is 12.8 Å². The van der Waals surface area contributed by atoms with Crippen LogP contribution in [0.1, 0.15) is 26.7 Å². The van der Waals surface area contributed by atoms with Crippen molar-refractivity contribution < 1.29 is 8.37 Å². The van der Waals surface area contributed by atoms with Crippen LogP contribution in [0.15, 0.2) is 0 Å². The minimum absolute atomic E-state index is 0.440. The molecule has 0 rings (SSSR count). The van der Waals surface area contributed by atoms with Gasteiger partial charge in [0.05, 0.1) is 22.1 Å². The first-order valence-corrected chi connectivity index (χ1v) is 6.41. The molecule has 0 heterocycles. The van der Waals surface area contributed by atoms with E-state index in [0.29, 0.717) is 13.2 Å². The van der Waals surface area contributed by atoms with Crippen LogP contribution in [-0.4, -0.2) is 13.2 Å². The van der Waals surface area contributed by atoms with Gasteiger partial charge in [0.2, 0.25) is 0 Å². The van der Waals surface area contributed by atoms with Gasteiger partial charge in [0.15, 0.2) is 0 Å². The predicted molar refractivity (Wildman–Crippen MR) is 63.2 cm³/mol. The molecule has 4 heteroatoms. The largest absolute Gasteiger partial charge is 0.290 e. The highest BCUT2D eigenvalue weighted by molar-refractivity contribution is 8.73. The molecule has 0 aromatic carbocycles. The van der Waals surface area contributed by atoms with Crippen molar-refractivity contribution >= 4 is 22.1 Å². The zero-order chi connectivity index (χ0) is 10.5. The summed E-state index contributed by atoms with van der Waals surface area (Å²) in [6.07, 6.45) is 1.73. The summed E-state index contributed by atoms with van der Waals surface area (Å²) in [6, 6.07) is 0. The van der Waals surface area contributed by atoms with Crippen LogP contribution in [0.4, 0.5) is 0 Å². The number of hydrogen-bond donors (Lipinski definition) is 0. The summed E-state index contributed by atoms with van der Waals surface area (Å²) in [4.78, 5) is 0. The van der Waals surface area contributed by atoms with Gasteiger partial charge in [-0.3, -0.25) is 8.37 Å². The first-order valence-electron chi connectivity index (χ1n) is 4.41. The molecule has 14 heavy (non-hydrogen) atoms. The van der Waals surface area contributed by atoms with Gasteiger partial charge in [-0.05, 0) is 0 Å². The summed E-state index contributed by atoms with van der Waals surface area (Å²) in [5.41, 5.74) is 0. The van der Waals surface area contributed by atoms with E-state index in [4.69, 9.17) is 8.37 Å². The van der Waals surface area contributed by atoms with Crippen molar-refractivity contribution in [1.82, 2.24) is 0 Å². The van der Waals surface area contributed by atoms with E-state index in [-0.39, 0.29) is 0 Å². The van der Waals surface area contributed by atoms with Crippen LogP contribution in [0, 0.1) is 23.7 Å². The summed E-state index contributed by atoms with van der Waals surface area (Å²) in [6.45, 7) is 4.89. The second kappa shape index (κ2) is 12.7. The van der Waals surface area contributed by atoms with Gasteiger partial charge < -0.3 is 0 Å². The molecule has 0 atom stereocenters. The molecule has 2 nitrogen and oxygen atoms in total. The third-order valence-corrected chi connectivity index (χ3v) is 2.22. The molecule has 0 bridgehead atoms. The van der Waals surface area contributed by atoms with Crippen molar-refractivity contribution in [3.63, 3.8) is 0 Å². The average Bonchev–Trinajstić information content (AvgIpc) is 2.21. The van der Waals surface area contributed by atoms with Crippen LogP contribution in [0.2, 0.25) is 0 Å². The molecule has 0 saturated heterocycles. The van der Waals surface area contributed by atoms with Gasteiger partial charge >= 0.3 is 0 Å². The normalized spacial score (nSPS) is 8.43. The highest BCUT2D eigenvalue weighted by Gasteiger charge is 1.88. The third kappa shape index (κ3) is 11.7. The fraction of sp³-hybridized carbons (Fsp3) is 0.600. The second-order valence-corrected chi connectivity index (χ2v) is 3.63. The molecule has 0 aromatic heterocycles. The molecule has 0 aromatic rings. The summed E-state index contributed by atoms with van der Waals surface area (Å²) < 4.78 is 10.2. The van der Waals surface area contributed by atoms with E-state index in [9.17, 15) is 0 Å². The molecule has 0 amide bonds. The maximum Gasteiger partial charge on any atom is 0.123 e. The highest BCUT2D eigenvalue weighted by Crippen LogP contribution is 2.22. The topological polar surface area (TPSA) is 18.5 Å². The third-order valence-electron chi connectivity index (χ3n) is 0.990. The van der Waals surface area contributed by atoms with Crippen LogP contribution < -0.4 is 0 Å². The van der Waals surface area contributed by atoms with Gasteiger partial charge in [0.1, 0.15) is 13.2 Å². The molecular formula is C10H14O2S2. The lowest BCUT2D eigenvalue weighted by Crippen LogP contribution is -1.81. The standard InChI is InChI=1S/C10H14O2S2/c1-3-5-7-9-11-13-14-12-10-8-6-4-2/h3-4,9-10H2,1-2H3. The van der Waals surface area contributed by atoms with E-state index in [2.05, 4.69) is 23.7 Å². The monoisotopic (exact) mass is 230 g/mol. The zero-order valence-corrected chi connectivity index (χ0v) is 10.1. The van der Waals surface area contributed by atoms with Crippen molar-refractivity contribution in [3.8, 4) is 23.7 Å². The molecule has 78 valence electrons. The maximum atomic E-state index is 5.08. The first kappa shape index (κ1) is 13.7. The van der Waals surface area contributed by atoms with Crippen molar-refractivity contribution in [2.24, 2.45) is 0 Å². The molecule has 0 unspecified atom stereocenters. The van der Waals surface area contributed by atoms with Gasteiger partial charge in [-0.15, -0.1) is 11.8 Å². The number of hydrogen-bond acceptors (Lipinski definition) is 4. The Bertz CT molecular complexity index is 206. The lowest BCUT2D eigenvalue weighted by Gasteiger charge is -1.95. The average molecular weight is 230 g/mol. The van der Waals surface area contributed by atoms with E-state index in [1.807, 2.05) is 13.8 Å². The summed E-state index contributed by atoms with van der Waals surface area (Å²) in [5.74, 6) is 11.5. The van der Waals surface area contributed by atoms with E-state index in [1.165, 1.54) is 22.1 Å². The van der Waals surface area contributed by atoms with Crippen LogP contribution in [0.5, 0.6) is 0 Å². The van der Waals surface area contributed by atoms with E-state index in [1.54, 1.807) is 0 Å². The molecule has 0 aliphatic heterocycles. The number of rotatable bonds is 5. The van der Waals surface area contributed by atoms with Crippen LogP contribution in [-0.2, 0) is 8.37 Å². The molecule has 0 radical (unpaired) electrons. The van der Waals surface area contributed by atoms with Gasteiger partial charge in [0.25, 0.3) is 0 Å². The molecule has 0 aliphatic rings. The Morgan fingerprint density at radius 3 is 1.57 bits per heavy atom. The van der Waals surface area contributed by atoms with Gasteiger partial charge in [0, 0.05) is 12.8 Å². The van der Waals surface area contributed by atoms with E-state index < -0.39 is 0 Å². The van der Waals surface area contributed by atoms with Crippen molar-refractivity contribution in [2.45, 2.75) is 26.7 Å². The molecule has 0 aliphatic carbocycles. The Labute approximate surface area is 94.3 Å². The molecule has 0 fully saturated rings. The fourth-order valence-corrected chi connectivity index (χ4v) is 1.32. The Hall–Kier alpha value is -0.260. The highest BCUT2D eigenvalue weighted by atomic mass is 33.1. The minimum Gasteiger partial charge on any atom is -0.290 e. The lowest BCUT2D eigenvalue weighted by molar-refractivity contribution is 0.429. The molecule has 0 N–H and O–H groups in total. The SMILES string of the molecule is CCC#CCOSSOCC#CCC. The first-order chi connectivity index (χ1) is 6.91. The second-order valence-electron chi connectivity index (χ2n) is 2.07. The Balaban J connectivity index is 3.06. The minimum atomic E-state index is 0.440. The fourth-order valence-electron chi connectivity index (χ4n) is 0.498. The molecular weight excluding hydrogens is 216 g/mol. The quantitative estimate of drug-likeness (QED) is 0.312. The van der Waals surface area contributed by atoms with Crippen LogP contribution >= 0.6 is 22.1 Å². The molecule has 0 spiro atoms. The summed E-state index contributed by atoms with van der Waals surface area (Å²) in [5, 5.41) is 0. The van der Waals surface area contributed by atoms with Crippen LogP contribution in [0.25, 0.3) is 0 Å². The predicted octanol–water partition coefficient (Wildman–Crippen LogP) is 3.06. The van der Waals surface area contributed by atoms with Gasteiger partial charge in [-0.25, -0.2) is 0 Å². The maximum absolute atomic E-state index is 5.08. The van der Waals surface area contributed by atoms with Crippen LogP contribution in [0.3, 0.4) is 0 Å². The van der Waals surface area contributed by atoms with Crippen molar-refractivity contribution in [1.29, 1.82) is 0 Å². The van der Waals surface area contributed by atoms with Crippen molar-refractivity contribution in [2.75, 3.05) is 13.2 Å².